The van der Waals surface area contributed by atoms with Gasteiger partial charge in [0.2, 0.25) is 0 Å². The van der Waals surface area contributed by atoms with Gasteiger partial charge in [0.15, 0.2) is 5.96 Å². The molecule has 0 radical (unpaired) electrons. The van der Waals surface area contributed by atoms with Gasteiger partial charge < -0.3 is 20.3 Å². The Morgan fingerprint density at radius 3 is 2.33 bits per heavy atom. The topological polar surface area (TPSA) is 74.4 Å². The molecule has 2 aliphatic rings. The predicted octanol–water partition coefficient (Wildman–Crippen LogP) is 2.59. The van der Waals surface area contributed by atoms with Gasteiger partial charge >= 0.3 is 6.09 Å². The summed E-state index contributed by atoms with van der Waals surface area (Å²) < 4.78 is 5.43. The third-order valence-electron chi connectivity index (χ3n) is 5.08. The lowest BCUT2D eigenvalue weighted by Gasteiger charge is -2.37. The minimum absolute atomic E-state index is 0. The first-order valence-corrected chi connectivity index (χ1v) is 9.92. The van der Waals surface area contributed by atoms with E-state index in [1.165, 1.54) is 12.8 Å². The number of likely N-dealkylation sites (tertiary alicyclic amines) is 1. The van der Waals surface area contributed by atoms with Gasteiger partial charge in [-0.1, -0.05) is 6.92 Å². The second kappa shape index (κ2) is 10.7. The molecule has 2 fully saturated rings. The number of carbonyl (C=O) groups is 1. The molecule has 158 valence electrons. The van der Waals surface area contributed by atoms with Crippen LogP contribution in [-0.2, 0) is 4.74 Å². The molecule has 27 heavy (non-hydrogen) atoms. The first-order valence-electron chi connectivity index (χ1n) is 9.92. The Labute approximate surface area is 181 Å². The molecule has 0 saturated carbocycles. The van der Waals surface area contributed by atoms with Crippen LogP contribution >= 0.6 is 24.0 Å². The Morgan fingerprint density at radius 1 is 1.19 bits per heavy atom. The van der Waals surface area contributed by atoms with E-state index in [-0.39, 0.29) is 30.1 Å². The van der Waals surface area contributed by atoms with Crippen LogP contribution in [0.25, 0.3) is 0 Å². The molecule has 2 saturated heterocycles. The Kier molecular flexibility index (Phi) is 9.61. The molecule has 2 atom stereocenters. The van der Waals surface area contributed by atoms with Crippen LogP contribution in [0.15, 0.2) is 4.99 Å². The van der Waals surface area contributed by atoms with Crippen LogP contribution in [0.5, 0.6) is 0 Å². The first-order chi connectivity index (χ1) is 12.2. The lowest BCUT2D eigenvalue weighted by molar-refractivity contribution is 0.0186. The van der Waals surface area contributed by atoms with Gasteiger partial charge in [0, 0.05) is 38.8 Å². The number of nitrogens with zero attached hydrogens (tertiary/aromatic N) is 4. The average Bonchev–Trinajstić information content (AvgIpc) is 2.58. The van der Waals surface area contributed by atoms with Gasteiger partial charge in [-0.25, -0.2) is 4.79 Å². The summed E-state index contributed by atoms with van der Waals surface area (Å²) in [7, 11) is 0. The summed E-state index contributed by atoms with van der Waals surface area (Å²) in [5.74, 6) is 1.36. The van der Waals surface area contributed by atoms with E-state index < -0.39 is 5.60 Å². The Balaban J connectivity index is 0.00000364. The molecule has 0 spiro atoms. The van der Waals surface area contributed by atoms with Crippen LogP contribution in [0.4, 0.5) is 4.79 Å². The molecule has 2 rings (SSSR count). The van der Waals surface area contributed by atoms with E-state index in [1.54, 1.807) is 4.90 Å². The Bertz CT molecular complexity index is 501. The van der Waals surface area contributed by atoms with E-state index in [1.807, 2.05) is 20.8 Å². The lowest BCUT2D eigenvalue weighted by Crippen LogP contribution is -2.53. The molecule has 2 unspecified atom stereocenters. The average molecular weight is 495 g/mol. The van der Waals surface area contributed by atoms with Gasteiger partial charge in [-0.3, -0.25) is 9.89 Å². The molecule has 0 aromatic heterocycles. The molecular formula is C19H38IN5O2. The van der Waals surface area contributed by atoms with Crippen LogP contribution in [-0.4, -0.2) is 84.2 Å². The van der Waals surface area contributed by atoms with E-state index in [0.717, 1.165) is 25.6 Å². The number of halogens is 1. The van der Waals surface area contributed by atoms with E-state index >= 15 is 0 Å². The van der Waals surface area contributed by atoms with Crippen LogP contribution in [0.3, 0.4) is 0 Å². The number of piperazine rings is 1. The highest BCUT2D eigenvalue weighted by molar-refractivity contribution is 14.0. The Hall–Kier alpha value is -0.770. The van der Waals surface area contributed by atoms with Crippen LogP contribution in [0.2, 0.25) is 0 Å². The summed E-state index contributed by atoms with van der Waals surface area (Å²) in [5, 5.41) is 0. The highest BCUT2D eigenvalue weighted by Gasteiger charge is 2.26. The van der Waals surface area contributed by atoms with Gasteiger partial charge in [-0.2, -0.15) is 0 Å². The van der Waals surface area contributed by atoms with Crippen molar-refractivity contribution >= 4 is 36.0 Å². The van der Waals surface area contributed by atoms with Crippen LogP contribution in [0.1, 0.15) is 47.5 Å². The van der Waals surface area contributed by atoms with Gasteiger partial charge in [-0.05, 0) is 53.0 Å². The van der Waals surface area contributed by atoms with Gasteiger partial charge in [0.05, 0.1) is 6.54 Å². The number of amides is 1. The second-order valence-electron chi connectivity index (χ2n) is 8.74. The molecule has 0 aromatic rings. The molecule has 2 N–H and O–H groups in total. The van der Waals surface area contributed by atoms with Crippen molar-refractivity contribution in [2.75, 3.05) is 45.8 Å². The number of piperidine rings is 1. The van der Waals surface area contributed by atoms with Crippen molar-refractivity contribution in [1.82, 2.24) is 14.7 Å². The number of rotatable bonds is 3. The monoisotopic (exact) mass is 495 g/mol. The third kappa shape index (κ3) is 8.01. The van der Waals surface area contributed by atoms with Crippen molar-refractivity contribution in [2.45, 2.75) is 59.1 Å². The second-order valence-corrected chi connectivity index (χ2v) is 8.74. The maximum atomic E-state index is 12.1. The minimum Gasteiger partial charge on any atom is -0.444 e. The zero-order chi connectivity index (χ0) is 19.3. The van der Waals surface area contributed by atoms with Crippen molar-refractivity contribution < 1.29 is 9.53 Å². The summed E-state index contributed by atoms with van der Waals surface area (Å²) in [4.78, 5) is 23.1. The number of hydrogen-bond acceptors (Lipinski definition) is 4. The highest BCUT2D eigenvalue weighted by Crippen LogP contribution is 2.18. The smallest absolute Gasteiger partial charge is 0.410 e. The molecule has 2 aliphatic heterocycles. The lowest BCUT2D eigenvalue weighted by atomic mass is 9.99. The van der Waals surface area contributed by atoms with Crippen molar-refractivity contribution in [3.05, 3.63) is 0 Å². The molecule has 7 nitrogen and oxygen atoms in total. The van der Waals surface area contributed by atoms with E-state index in [4.69, 9.17) is 10.5 Å². The highest BCUT2D eigenvalue weighted by atomic mass is 127. The number of hydrogen-bond donors (Lipinski definition) is 1. The van der Waals surface area contributed by atoms with Gasteiger partial charge in [-0.15, -0.1) is 24.0 Å². The van der Waals surface area contributed by atoms with E-state index in [9.17, 15) is 4.79 Å². The summed E-state index contributed by atoms with van der Waals surface area (Å²) in [6, 6.07) is 0.416. The van der Waals surface area contributed by atoms with Crippen molar-refractivity contribution in [1.29, 1.82) is 0 Å². The molecule has 0 aliphatic carbocycles. The summed E-state index contributed by atoms with van der Waals surface area (Å²) in [5.41, 5.74) is 5.74. The van der Waals surface area contributed by atoms with E-state index in [0.29, 0.717) is 38.2 Å². The number of nitrogens with two attached hydrogens (primary N) is 1. The molecular weight excluding hydrogens is 457 g/mol. The predicted molar refractivity (Wildman–Crippen MR) is 121 cm³/mol. The number of ether oxygens (including phenoxy) is 1. The normalized spacial score (nSPS) is 23.6. The number of guanidine groups is 1. The van der Waals surface area contributed by atoms with Crippen molar-refractivity contribution in [2.24, 2.45) is 16.6 Å². The third-order valence-corrected chi connectivity index (χ3v) is 5.08. The fourth-order valence-corrected chi connectivity index (χ4v) is 3.51. The largest absolute Gasteiger partial charge is 0.444 e. The number of carbonyl (C=O) groups excluding carboxylic acids is 1. The Morgan fingerprint density at radius 2 is 1.78 bits per heavy atom. The SMILES string of the molecule is CC1CCCN(C(C)CN=C(N)N2CCN(C(=O)OC(C)(C)C)CC2)C1.I. The summed E-state index contributed by atoms with van der Waals surface area (Å²) in [6.45, 7) is 15.9. The van der Waals surface area contributed by atoms with Crippen molar-refractivity contribution in [3.8, 4) is 0 Å². The van der Waals surface area contributed by atoms with Crippen LogP contribution < -0.4 is 5.73 Å². The maximum Gasteiger partial charge on any atom is 0.410 e. The molecule has 0 bridgehead atoms. The summed E-state index contributed by atoms with van der Waals surface area (Å²) >= 11 is 0. The molecule has 2 heterocycles. The zero-order valence-electron chi connectivity index (χ0n) is 17.6. The zero-order valence-corrected chi connectivity index (χ0v) is 19.9. The fraction of sp³-hybridized carbons (Fsp3) is 0.895. The standard InChI is InChI=1S/C19H37N5O2.HI/c1-15-7-6-8-24(14-15)16(2)13-21-17(20)22-9-11-23(12-10-22)18(25)26-19(3,4)5;/h15-16H,6-14H2,1-5H3,(H2,20,21);1H. The first kappa shape index (κ1) is 24.3. The molecule has 1 amide bonds. The molecule has 0 aromatic carbocycles. The molecule has 8 heteroatoms. The maximum absolute atomic E-state index is 12.1. The summed E-state index contributed by atoms with van der Waals surface area (Å²) in [6.07, 6.45) is 2.36. The van der Waals surface area contributed by atoms with Gasteiger partial charge in [0.1, 0.15) is 5.60 Å². The fourth-order valence-electron chi connectivity index (χ4n) is 3.51. The van der Waals surface area contributed by atoms with Crippen molar-refractivity contribution in [3.63, 3.8) is 0 Å². The van der Waals surface area contributed by atoms with Crippen LogP contribution in [0, 0.1) is 5.92 Å². The quantitative estimate of drug-likeness (QED) is 0.370. The van der Waals surface area contributed by atoms with E-state index in [2.05, 4.69) is 28.6 Å². The minimum atomic E-state index is -0.462. The number of aliphatic imine (C=N–C) groups is 1. The van der Waals surface area contributed by atoms with Gasteiger partial charge in [0.25, 0.3) is 0 Å².